The maximum Gasteiger partial charge on any atom is 0.000480 e. The summed E-state index contributed by atoms with van der Waals surface area (Å²) in [5.41, 5.74) is 6.13. The fourth-order valence-electron chi connectivity index (χ4n) is 2.21. The molecule has 1 saturated carbocycles. The number of unbranched alkanes of at least 4 members (excludes halogenated alkanes) is 1. The largest absolute Gasteiger partial charge is 0.330 e. The molecule has 0 heterocycles. The topological polar surface area (TPSA) is 38.0 Å². The van der Waals surface area contributed by atoms with E-state index in [0.717, 1.165) is 6.54 Å². The third kappa shape index (κ3) is 2.46. The molecule has 1 fully saturated rings. The molecule has 1 rings (SSSR count). The fourth-order valence-corrected chi connectivity index (χ4v) is 2.21. The first-order valence-corrected chi connectivity index (χ1v) is 5.18. The average molecular weight is 170 g/mol. The minimum Gasteiger partial charge on any atom is -0.330 e. The standard InChI is InChI=1S/C10H22N2/c1-12-9-10(6-4-7-10)5-2-3-8-11/h12H,2-9,11H2,1H3. The lowest BCUT2D eigenvalue weighted by Crippen LogP contribution is -2.38. The highest BCUT2D eigenvalue weighted by Crippen LogP contribution is 2.44. The predicted octanol–water partition coefficient (Wildman–Crippen LogP) is 1.51. The molecule has 0 saturated heterocycles. The maximum atomic E-state index is 5.48. The van der Waals surface area contributed by atoms with Gasteiger partial charge in [-0.05, 0) is 44.7 Å². The van der Waals surface area contributed by atoms with Gasteiger partial charge in [0.05, 0.1) is 0 Å². The van der Waals surface area contributed by atoms with Gasteiger partial charge in [0, 0.05) is 6.54 Å². The van der Waals surface area contributed by atoms with Crippen LogP contribution in [0.1, 0.15) is 38.5 Å². The lowest BCUT2D eigenvalue weighted by atomic mass is 9.66. The molecule has 0 bridgehead atoms. The monoisotopic (exact) mass is 170 g/mol. The van der Waals surface area contributed by atoms with Gasteiger partial charge in [0.2, 0.25) is 0 Å². The van der Waals surface area contributed by atoms with Gasteiger partial charge < -0.3 is 11.1 Å². The van der Waals surface area contributed by atoms with Crippen LogP contribution in [0.5, 0.6) is 0 Å². The normalized spacial score (nSPS) is 20.5. The maximum absolute atomic E-state index is 5.48. The Morgan fingerprint density at radius 2 is 2.08 bits per heavy atom. The average Bonchev–Trinajstić information content (AvgIpc) is 2.00. The molecule has 1 aliphatic carbocycles. The van der Waals surface area contributed by atoms with Crippen LogP contribution in [0.3, 0.4) is 0 Å². The number of nitrogens with one attached hydrogen (secondary N) is 1. The number of rotatable bonds is 6. The second-order valence-electron chi connectivity index (χ2n) is 4.13. The summed E-state index contributed by atoms with van der Waals surface area (Å²) in [6.45, 7) is 2.06. The minimum atomic E-state index is 0.657. The van der Waals surface area contributed by atoms with Crippen molar-refractivity contribution in [2.24, 2.45) is 11.1 Å². The van der Waals surface area contributed by atoms with Crippen molar-refractivity contribution in [2.75, 3.05) is 20.1 Å². The minimum absolute atomic E-state index is 0.657. The van der Waals surface area contributed by atoms with Crippen LogP contribution in [0.2, 0.25) is 0 Å². The van der Waals surface area contributed by atoms with Crippen molar-refractivity contribution >= 4 is 0 Å². The van der Waals surface area contributed by atoms with Crippen LogP contribution in [0.25, 0.3) is 0 Å². The highest BCUT2D eigenvalue weighted by Gasteiger charge is 2.35. The quantitative estimate of drug-likeness (QED) is 0.593. The molecule has 12 heavy (non-hydrogen) atoms. The molecule has 0 amide bonds. The molecule has 2 heteroatoms. The van der Waals surface area contributed by atoms with Gasteiger partial charge >= 0.3 is 0 Å². The summed E-state index contributed by atoms with van der Waals surface area (Å²) in [6, 6.07) is 0. The molecule has 0 aromatic carbocycles. The van der Waals surface area contributed by atoms with Crippen molar-refractivity contribution < 1.29 is 0 Å². The van der Waals surface area contributed by atoms with E-state index in [2.05, 4.69) is 12.4 Å². The molecule has 0 radical (unpaired) electrons. The van der Waals surface area contributed by atoms with E-state index in [9.17, 15) is 0 Å². The lowest BCUT2D eigenvalue weighted by molar-refractivity contribution is 0.116. The van der Waals surface area contributed by atoms with Crippen LogP contribution >= 0.6 is 0 Å². The van der Waals surface area contributed by atoms with Gasteiger partial charge in [-0.15, -0.1) is 0 Å². The Morgan fingerprint density at radius 3 is 2.50 bits per heavy atom. The molecule has 3 N–H and O–H groups in total. The number of nitrogens with two attached hydrogens (primary N) is 1. The van der Waals surface area contributed by atoms with E-state index < -0.39 is 0 Å². The zero-order valence-corrected chi connectivity index (χ0v) is 8.23. The Balaban J connectivity index is 2.15. The van der Waals surface area contributed by atoms with E-state index in [4.69, 9.17) is 5.73 Å². The highest BCUT2D eigenvalue weighted by atomic mass is 14.8. The van der Waals surface area contributed by atoms with Crippen LogP contribution in [-0.4, -0.2) is 20.1 Å². The van der Waals surface area contributed by atoms with Crippen LogP contribution in [0.4, 0.5) is 0 Å². The molecule has 0 aromatic heterocycles. The van der Waals surface area contributed by atoms with Crippen LogP contribution in [0, 0.1) is 5.41 Å². The van der Waals surface area contributed by atoms with Crippen molar-refractivity contribution in [1.82, 2.24) is 5.32 Å². The lowest BCUT2D eigenvalue weighted by Gasteiger charge is -2.42. The van der Waals surface area contributed by atoms with Gasteiger partial charge in [0.1, 0.15) is 0 Å². The summed E-state index contributed by atoms with van der Waals surface area (Å²) in [4.78, 5) is 0. The third-order valence-corrected chi connectivity index (χ3v) is 3.13. The first-order chi connectivity index (χ1) is 5.83. The summed E-state index contributed by atoms with van der Waals surface area (Å²) in [5, 5.41) is 3.31. The van der Waals surface area contributed by atoms with Crippen molar-refractivity contribution in [1.29, 1.82) is 0 Å². The SMILES string of the molecule is CNCC1(CCCCN)CCC1. The summed E-state index contributed by atoms with van der Waals surface area (Å²) < 4.78 is 0. The zero-order valence-electron chi connectivity index (χ0n) is 8.23. The second kappa shape index (κ2) is 4.83. The molecule has 0 atom stereocenters. The smallest absolute Gasteiger partial charge is 0.000480 e. The van der Waals surface area contributed by atoms with Gasteiger partial charge in [0.15, 0.2) is 0 Å². The Kier molecular flexibility index (Phi) is 4.02. The van der Waals surface area contributed by atoms with Gasteiger partial charge in [-0.1, -0.05) is 12.8 Å². The van der Waals surface area contributed by atoms with Crippen LogP contribution in [0.15, 0.2) is 0 Å². The summed E-state index contributed by atoms with van der Waals surface area (Å²) in [7, 11) is 2.06. The van der Waals surface area contributed by atoms with Crippen molar-refractivity contribution in [3.05, 3.63) is 0 Å². The molecule has 0 aromatic rings. The molecule has 2 nitrogen and oxygen atoms in total. The molecular weight excluding hydrogens is 148 g/mol. The highest BCUT2D eigenvalue weighted by molar-refractivity contribution is 4.88. The summed E-state index contributed by atoms with van der Waals surface area (Å²) in [5.74, 6) is 0. The first kappa shape index (κ1) is 10.0. The van der Waals surface area contributed by atoms with Gasteiger partial charge in [-0.3, -0.25) is 0 Å². The van der Waals surface area contributed by atoms with Crippen LogP contribution < -0.4 is 11.1 Å². The zero-order chi connectivity index (χ0) is 8.86. The molecule has 0 spiro atoms. The van der Waals surface area contributed by atoms with E-state index in [-0.39, 0.29) is 0 Å². The van der Waals surface area contributed by atoms with Gasteiger partial charge in [0.25, 0.3) is 0 Å². The van der Waals surface area contributed by atoms with Crippen molar-refractivity contribution in [3.63, 3.8) is 0 Å². The van der Waals surface area contributed by atoms with Crippen molar-refractivity contribution in [2.45, 2.75) is 38.5 Å². The Morgan fingerprint density at radius 1 is 1.33 bits per heavy atom. The van der Waals surface area contributed by atoms with Gasteiger partial charge in [-0.2, -0.15) is 0 Å². The van der Waals surface area contributed by atoms with E-state index in [1.807, 2.05) is 0 Å². The number of hydrogen-bond acceptors (Lipinski definition) is 2. The molecule has 0 aliphatic heterocycles. The third-order valence-electron chi connectivity index (χ3n) is 3.13. The molecule has 0 unspecified atom stereocenters. The summed E-state index contributed by atoms with van der Waals surface area (Å²) in [6.07, 6.45) is 8.19. The van der Waals surface area contributed by atoms with E-state index in [1.165, 1.54) is 45.1 Å². The number of hydrogen-bond donors (Lipinski definition) is 2. The van der Waals surface area contributed by atoms with Crippen molar-refractivity contribution in [3.8, 4) is 0 Å². The van der Waals surface area contributed by atoms with E-state index in [1.54, 1.807) is 0 Å². The molecule has 1 aliphatic rings. The summed E-state index contributed by atoms with van der Waals surface area (Å²) >= 11 is 0. The molecule has 72 valence electrons. The Bertz CT molecular complexity index is 119. The predicted molar refractivity (Wildman–Crippen MR) is 53.1 cm³/mol. The van der Waals surface area contributed by atoms with E-state index in [0.29, 0.717) is 5.41 Å². The van der Waals surface area contributed by atoms with Gasteiger partial charge in [-0.25, -0.2) is 0 Å². The van der Waals surface area contributed by atoms with Crippen LogP contribution in [-0.2, 0) is 0 Å². The second-order valence-corrected chi connectivity index (χ2v) is 4.13. The van der Waals surface area contributed by atoms with E-state index >= 15 is 0 Å². The Hall–Kier alpha value is -0.0800. The fraction of sp³-hybridized carbons (Fsp3) is 1.00. The molecular formula is C10H22N2. The first-order valence-electron chi connectivity index (χ1n) is 5.18. The Labute approximate surface area is 75.9 Å².